The van der Waals surface area contributed by atoms with Crippen molar-refractivity contribution >= 4 is 38.7 Å². The van der Waals surface area contributed by atoms with E-state index in [1.54, 1.807) is 12.1 Å². The Balaban J connectivity index is 2.15. The SMILES string of the molecule is CCN(/C(=C(/Cl)C(=N)c1ccccc1)c1ccccc1)c1ccc(S(N)(=O)=O)cc1. The van der Waals surface area contributed by atoms with Crippen molar-refractivity contribution in [2.24, 2.45) is 5.14 Å². The summed E-state index contributed by atoms with van der Waals surface area (Å²) in [5.74, 6) is 0. The molecule has 7 heteroatoms. The molecule has 3 aromatic rings. The lowest BCUT2D eigenvalue weighted by molar-refractivity contribution is 0.598. The summed E-state index contributed by atoms with van der Waals surface area (Å²) in [6.07, 6.45) is 0. The quantitative estimate of drug-likeness (QED) is 0.516. The number of rotatable bonds is 7. The van der Waals surface area contributed by atoms with E-state index in [2.05, 4.69) is 0 Å². The Hall–Kier alpha value is -2.93. The molecule has 0 unspecified atom stereocenters. The first-order chi connectivity index (χ1) is 14.3. The van der Waals surface area contributed by atoms with Crippen LogP contribution >= 0.6 is 11.6 Å². The summed E-state index contributed by atoms with van der Waals surface area (Å²) in [5.41, 5.74) is 3.16. The van der Waals surface area contributed by atoms with Crippen LogP contribution in [-0.4, -0.2) is 20.7 Å². The Bertz CT molecular complexity index is 1160. The lowest BCUT2D eigenvalue weighted by atomic mass is 10.0. The first-order valence-corrected chi connectivity index (χ1v) is 11.2. The van der Waals surface area contributed by atoms with Gasteiger partial charge in [-0.2, -0.15) is 0 Å². The van der Waals surface area contributed by atoms with E-state index in [4.69, 9.17) is 22.1 Å². The maximum absolute atomic E-state index is 11.6. The van der Waals surface area contributed by atoms with Gasteiger partial charge in [0.15, 0.2) is 0 Å². The Labute approximate surface area is 182 Å². The molecule has 3 aromatic carbocycles. The molecular formula is C23H22ClN3O2S. The molecule has 0 aliphatic heterocycles. The summed E-state index contributed by atoms with van der Waals surface area (Å²) < 4.78 is 23.2. The number of benzene rings is 3. The highest BCUT2D eigenvalue weighted by Crippen LogP contribution is 2.32. The molecule has 0 amide bonds. The van der Waals surface area contributed by atoms with Gasteiger partial charge in [-0.3, -0.25) is 5.41 Å². The summed E-state index contributed by atoms with van der Waals surface area (Å²) in [4.78, 5) is 1.98. The minimum Gasteiger partial charge on any atom is -0.340 e. The summed E-state index contributed by atoms with van der Waals surface area (Å²) >= 11 is 6.79. The second-order valence-corrected chi connectivity index (χ2v) is 8.49. The second kappa shape index (κ2) is 9.26. The zero-order valence-electron chi connectivity index (χ0n) is 16.4. The number of halogens is 1. The molecule has 5 nitrogen and oxygen atoms in total. The van der Waals surface area contributed by atoms with E-state index in [1.165, 1.54) is 12.1 Å². The maximum Gasteiger partial charge on any atom is 0.238 e. The van der Waals surface area contributed by atoms with Crippen LogP contribution in [0.4, 0.5) is 5.69 Å². The summed E-state index contributed by atoms with van der Waals surface area (Å²) in [6, 6.07) is 25.2. The van der Waals surface area contributed by atoms with Gasteiger partial charge in [0.05, 0.1) is 21.3 Å². The first kappa shape index (κ1) is 21.8. The lowest BCUT2D eigenvalue weighted by Gasteiger charge is -2.28. The fraction of sp³-hybridized carbons (Fsp3) is 0.0870. The van der Waals surface area contributed by atoms with Crippen molar-refractivity contribution in [3.8, 4) is 0 Å². The number of nitrogens with one attached hydrogen (secondary N) is 1. The highest BCUT2D eigenvalue weighted by atomic mass is 35.5. The fourth-order valence-corrected chi connectivity index (χ4v) is 3.97. The molecule has 0 aromatic heterocycles. The van der Waals surface area contributed by atoms with Crippen LogP contribution in [0, 0.1) is 5.41 Å². The fourth-order valence-electron chi connectivity index (χ4n) is 3.13. The number of anilines is 1. The minimum absolute atomic E-state index is 0.0377. The van der Waals surface area contributed by atoms with E-state index in [0.29, 0.717) is 22.8 Å². The average molecular weight is 440 g/mol. The van der Waals surface area contributed by atoms with Crippen LogP contribution in [-0.2, 0) is 10.0 Å². The Morgan fingerprint density at radius 3 is 1.87 bits per heavy atom. The molecule has 3 rings (SSSR count). The van der Waals surface area contributed by atoms with E-state index < -0.39 is 10.0 Å². The summed E-state index contributed by atoms with van der Waals surface area (Å²) in [6.45, 7) is 2.52. The van der Waals surface area contributed by atoms with Gasteiger partial charge in [-0.05, 0) is 36.8 Å². The van der Waals surface area contributed by atoms with Crippen molar-refractivity contribution < 1.29 is 8.42 Å². The van der Waals surface area contributed by atoms with Gasteiger partial charge in [-0.1, -0.05) is 72.3 Å². The normalized spacial score (nSPS) is 12.2. The molecule has 0 aliphatic rings. The Morgan fingerprint density at radius 2 is 1.40 bits per heavy atom. The molecular weight excluding hydrogens is 418 g/mol. The molecule has 3 N–H and O–H groups in total. The van der Waals surface area contributed by atoms with Gasteiger partial charge in [0.1, 0.15) is 0 Å². The van der Waals surface area contributed by atoms with E-state index in [9.17, 15) is 8.42 Å². The molecule has 0 heterocycles. The largest absolute Gasteiger partial charge is 0.340 e. The van der Waals surface area contributed by atoms with Gasteiger partial charge >= 0.3 is 0 Å². The number of nitrogens with zero attached hydrogens (tertiary/aromatic N) is 1. The average Bonchev–Trinajstić information content (AvgIpc) is 2.77. The number of allylic oxidation sites excluding steroid dienone is 1. The molecule has 0 fully saturated rings. The minimum atomic E-state index is -3.78. The molecule has 0 spiro atoms. The topological polar surface area (TPSA) is 87.2 Å². The number of primary sulfonamides is 1. The second-order valence-electron chi connectivity index (χ2n) is 6.55. The van der Waals surface area contributed by atoms with Crippen LogP contribution in [0.15, 0.2) is 94.9 Å². The molecule has 0 saturated heterocycles. The smallest absolute Gasteiger partial charge is 0.238 e. The zero-order chi connectivity index (χ0) is 21.7. The van der Waals surface area contributed by atoms with Gasteiger partial charge in [0, 0.05) is 17.8 Å². The van der Waals surface area contributed by atoms with Gasteiger partial charge in [-0.25, -0.2) is 13.6 Å². The number of hydrogen-bond acceptors (Lipinski definition) is 4. The molecule has 0 atom stereocenters. The summed E-state index contributed by atoms with van der Waals surface area (Å²) in [7, 11) is -3.78. The number of hydrogen-bond donors (Lipinski definition) is 2. The first-order valence-electron chi connectivity index (χ1n) is 9.33. The summed E-state index contributed by atoms with van der Waals surface area (Å²) in [5, 5.41) is 14.2. The van der Waals surface area contributed by atoms with Crippen LogP contribution in [0.3, 0.4) is 0 Å². The predicted octanol–water partition coefficient (Wildman–Crippen LogP) is 4.84. The van der Waals surface area contributed by atoms with Gasteiger partial charge < -0.3 is 4.90 Å². The Morgan fingerprint density at radius 1 is 0.900 bits per heavy atom. The van der Waals surface area contributed by atoms with Gasteiger partial charge in [0.25, 0.3) is 0 Å². The highest BCUT2D eigenvalue weighted by Gasteiger charge is 2.20. The van der Waals surface area contributed by atoms with Crippen molar-refractivity contribution in [3.05, 3.63) is 101 Å². The standard InChI is InChI=1S/C23H22ClN3O2S/c1-2-27(19-13-15-20(16-14-19)30(26,28)29)23(18-11-7-4-8-12-18)21(24)22(25)17-9-5-3-6-10-17/h3-16,25H,2H2,1H3,(H2,26,28,29)/b23-21+,25-22?. The van der Waals surface area contributed by atoms with Crippen LogP contribution in [0.1, 0.15) is 18.1 Å². The van der Waals surface area contributed by atoms with Crippen LogP contribution < -0.4 is 10.0 Å². The molecule has 30 heavy (non-hydrogen) atoms. The van der Waals surface area contributed by atoms with Crippen molar-refractivity contribution in [2.75, 3.05) is 11.4 Å². The van der Waals surface area contributed by atoms with Crippen molar-refractivity contribution in [2.45, 2.75) is 11.8 Å². The van der Waals surface area contributed by atoms with E-state index in [-0.39, 0.29) is 10.6 Å². The van der Waals surface area contributed by atoms with Gasteiger partial charge in [-0.15, -0.1) is 0 Å². The van der Waals surface area contributed by atoms with Gasteiger partial charge in [0.2, 0.25) is 10.0 Å². The highest BCUT2D eigenvalue weighted by molar-refractivity contribution is 7.89. The van der Waals surface area contributed by atoms with Crippen LogP contribution in [0.25, 0.3) is 5.70 Å². The third-order valence-electron chi connectivity index (χ3n) is 4.60. The van der Waals surface area contributed by atoms with Crippen LogP contribution in [0.5, 0.6) is 0 Å². The maximum atomic E-state index is 11.6. The van der Waals surface area contributed by atoms with E-state index in [1.807, 2.05) is 72.5 Å². The van der Waals surface area contributed by atoms with Crippen LogP contribution in [0.2, 0.25) is 0 Å². The monoisotopic (exact) mass is 439 g/mol. The van der Waals surface area contributed by atoms with Crippen molar-refractivity contribution in [1.29, 1.82) is 5.41 Å². The number of sulfonamides is 1. The molecule has 0 aliphatic carbocycles. The number of nitrogens with two attached hydrogens (primary N) is 1. The molecule has 0 saturated carbocycles. The molecule has 154 valence electrons. The van der Waals surface area contributed by atoms with E-state index in [0.717, 1.165) is 11.3 Å². The lowest BCUT2D eigenvalue weighted by Crippen LogP contribution is -2.23. The zero-order valence-corrected chi connectivity index (χ0v) is 18.0. The molecule has 0 radical (unpaired) electrons. The van der Waals surface area contributed by atoms with Crippen molar-refractivity contribution in [1.82, 2.24) is 0 Å². The third kappa shape index (κ3) is 4.79. The predicted molar refractivity (Wildman–Crippen MR) is 123 cm³/mol. The third-order valence-corrected chi connectivity index (χ3v) is 5.90. The molecule has 0 bridgehead atoms. The van der Waals surface area contributed by atoms with Crippen molar-refractivity contribution in [3.63, 3.8) is 0 Å². The van der Waals surface area contributed by atoms with E-state index >= 15 is 0 Å². The Kier molecular flexibility index (Phi) is 6.72.